The highest BCUT2D eigenvalue weighted by Crippen LogP contribution is 2.18. The summed E-state index contributed by atoms with van der Waals surface area (Å²) in [7, 11) is -3.40. The van der Waals surface area contributed by atoms with Crippen LogP contribution >= 0.6 is 0 Å². The van der Waals surface area contributed by atoms with Gasteiger partial charge in [0.1, 0.15) is 12.4 Å². The summed E-state index contributed by atoms with van der Waals surface area (Å²) in [5.41, 5.74) is 2.80. The molecule has 0 aliphatic heterocycles. The molecule has 0 atom stereocenters. The Morgan fingerprint density at radius 2 is 1.81 bits per heavy atom. The van der Waals surface area contributed by atoms with Crippen LogP contribution in [0.2, 0.25) is 0 Å². The van der Waals surface area contributed by atoms with Crippen molar-refractivity contribution in [2.24, 2.45) is 0 Å². The molecule has 0 spiro atoms. The highest BCUT2D eigenvalue weighted by molar-refractivity contribution is 7.92. The summed E-state index contributed by atoms with van der Waals surface area (Å²) in [6, 6.07) is 12.8. The summed E-state index contributed by atoms with van der Waals surface area (Å²) >= 11 is 0. The minimum atomic E-state index is -3.40. The van der Waals surface area contributed by atoms with Crippen molar-refractivity contribution < 1.29 is 17.9 Å². The second-order valence-corrected chi connectivity index (χ2v) is 8.15. The molecular weight excluding hydrogens is 364 g/mol. The quantitative estimate of drug-likeness (QED) is 0.644. The van der Waals surface area contributed by atoms with E-state index in [9.17, 15) is 13.2 Å². The Hall–Kier alpha value is -2.54. The zero-order valence-corrected chi connectivity index (χ0v) is 16.7. The fourth-order valence-electron chi connectivity index (χ4n) is 2.55. The van der Waals surface area contributed by atoms with Crippen molar-refractivity contribution in [2.75, 3.05) is 24.1 Å². The third-order valence-electron chi connectivity index (χ3n) is 3.91. The van der Waals surface area contributed by atoms with Crippen molar-refractivity contribution in [2.45, 2.75) is 26.7 Å². The van der Waals surface area contributed by atoms with Gasteiger partial charge in [0.25, 0.3) is 5.91 Å². The zero-order valence-electron chi connectivity index (χ0n) is 15.9. The molecule has 0 aliphatic carbocycles. The first-order chi connectivity index (χ1) is 12.8. The lowest BCUT2D eigenvalue weighted by atomic mass is 10.1. The molecule has 0 heterocycles. The molecule has 7 heteroatoms. The summed E-state index contributed by atoms with van der Waals surface area (Å²) in [6.45, 7) is 4.60. The molecular formula is C20H26N2O4S. The number of carbonyl (C=O) groups excluding carboxylic acids is 1. The molecule has 0 saturated heterocycles. The van der Waals surface area contributed by atoms with Gasteiger partial charge in [-0.25, -0.2) is 8.42 Å². The van der Waals surface area contributed by atoms with E-state index in [0.717, 1.165) is 30.4 Å². The first kappa shape index (κ1) is 20.8. The van der Waals surface area contributed by atoms with E-state index < -0.39 is 10.0 Å². The molecule has 0 fully saturated rings. The number of sulfonamides is 1. The Kier molecular flexibility index (Phi) is 7.24. The van der Waals surface area contributed by atoms with E-state index in [1.807, 2.05) is 24.3 Å². The van der Waals surface area contributed by atoms with Gasteiger partial charge in [-0.2, -0.15) is 0 Å². The standard InChI is InChI=1S/C20H26N2O4S/c1-4-5-16-7-10-18(11-8-16)26-13-12-21-20(23)17-9-6-15(2)19(14-17)22-27(3,24)25/h6-11,14,22H,4-5,12-13H2,1-3H3,(H,21,23). The molecule has 2 aromatic carbocycles. The van der Waals surface area contributed by atoms with Crippen LogP contribution < -0.4 is 14.8 Å². The molecule has 146 valence electrons. The highest BCUT2D eigenvalue weighted by Gasteiger charge is 2.10. The summed E-state index contributed by atoms with van der Waals surface area (Å²) < 4.78 is 30.9. The van der Waals surface area contributed by atoms with Crippen molar-refractivity contribution in [3.05, 3.63) is 59.2 Å². The topological polar surface area (TPSA) is 84.5 Å². The predicted molar refractivity (Wildman–Crippen MR) is 108 cm³/mol. The fourth-order valence-corrected chi connectivity index (χ4v) is 3.17. The van der Waals surface area contributed by atoms with Crippen molar-refractivity contribution in [3.63, 3.8) is 0 Å². The first-order valence-corrected chi connectivity index (χ1v) is 10.8. The summed E-state index contributed by atoms with van der Waals surface area (Å²) in [5, 5.41) is 2.77. The van der Waals surface area contributed by atoms with Gasteiger partial charge >= 0.3 is 0 Å². The van der Waals surface area contributed by atoms with Crippen LogP contribution in [0.4, 0.5) is 5.69 Å². The summed E-state index contributed by atoms with van der Waals surface area (Å²) in [4.78, 5) is 12.3. The smallest absolute Gasteiger partial charge is 0.251 e. The van der Waals surface area contributed by atoms with E-state index in [2.05, 4.69) is 17.0 Å². The molecule has 27 heavy (non-hydrogen) atoms. The van der Waals surface area contributed by atoms with Crippen molar-refractivity contribution >= 4 is 21.6 Å². The third kappa shape index (κ3) is 6.94. The molecule has 0 aliphatic rings. The molecule has 6 nitrogen and oxygen atoms in total. The average molecular weight is 391 g/mol. The lowest BCUT2D eigenvalue weighted by Crippen LogP contribution is -2.28. The van der Waals surface area contributed by atoms with Gasteiger partial charge in [-0.15, -0.1) is 0 Å². The number of benzene rings is 2. The van der Waals surface area contributed by atoms with Crippen LogP contribution in [0.3, 0.4) is 0 Å². The second-order valence-electron chi connectivity index (χ2n) is 6.40. The molecule has 0 unspecified atom stereocenters. The van der Waals surface area contributed by atoms with Gasteiger partial charge in [-0.1, -0.05) is 31.5 Å². The number of hydrogen-bond donors (Lipinski definition) is 2. The van der Waals surface area contributed by atoms with Crippen LogP contribution in [0.15, 0.2) is 42.5 Å². The first-order valence-electron chi connectivity index (χ1n) is 8.87. The van der Waals surface area contributed by atoms with Crippen LogP contribution in [0.25, 0.3) is 0 Å². The van der Waals surface area contributed by atoms with Gasteiger partial charge in [0.2, 0.25) is 10.0 Å². The maximum atomic E-state index is 12.3. The van der Waals surface area contributed by atoms with E-state index in [1.165, 1.54) is 11.6 Å². The van der Waals surface area contributed by atoms with E-state index in [0.29, 0.717) is 24.4 Å². The Bertz CT molecular complexity index is 877. The number of hydrogen-bond acceptors (Lipinski definition) is 4. The minimum Gasteiger partial charge on any atom is -0.492 e. The molecule has 2 rings (SSSR count). The Labute approximate surface area is 161 Å². The van der Waals surface area contributed by atoms with Crippen molar-refractivity contribution in [1.29, 1.82) is 0 Å². The Morgan fingerprint density at radius 3 is 2.44 bits per heavy atom. The molecule has 0 bridgehead atoms. The number of ether oxygens (including phenoxy) is 1. The predicted octanol–water partition coefficient (Wildman–Crippen LogP) is 3.13. The van der Waals surface area contributed by atoms with Gasteiger partial charge in [0, 0.05) is 5.56 Å². The second kappa shape index (κ2) is 9.41. The Morgan fingerprint density at radius 1 is 1.11 bits per heavy atom. The third-order valence-corrected chi connectivity index (χ3v) is 4.50. The van der Waals surface area contributed by atoms with Crippen LogP contribution in [0.1, 0.15) is 34.8 Å². The number of anilines is 1. The number of carbonyl (C=O) groups is 1. The highest BCUT2D eigenvalue weighted by atomic mass is 32.2. The van der Waals surface area contributed by atoms with Crippen LogP contribution in [0.5, 0.6) is 5.75 Å². The maximum absolute atomic E-state index is 12.3. The normalized spacial score (nSPS) is 11.1. The molecule has 0 radical (unpaired) electrons. The molecule has 0 saturated carbocycles. The molecule has 2 aromatic rings. The van der Waals surface area contributed by atoms with Gasteiger partial charge in [0.15, 0.2) is 0 Å². The number of amides is 1. The molecule has 1 amide bonds. The van der Waals surface area contributed by atoms with E-state index in [4.69, 9.17) is 4.74 Å². The Balaban J connectivity index is 1.86. The van der Waals surface area contributed by atoms with Crippen molar-refractivity contribution in [3.8, 4) is 5.75 Å². The average Bonchev–Trinajstić information content (AvgIpc) is 2.61. The van der Waals surface area contributed by atoms with E-state index >= 15 is 0 Å². The van der Waals surface area contributed by atoms with E-state index in [-0.39, 0.29) is 5.91 Å². The lowest BCUT2D eigenvalue weighted by Gasteiger charge is -2.11. The monoisotopic (exact) mass is 390 g/mol. The SMILES string of the molecule is CCCc1ccc(OCCNC(=O)c2ccc(C)c(NS(C)(=O)=O)c2)cc1. The zero-order chi connectivity index (χ0) is 19.9. The molecule has 0 aromatic heterocycles. The van der Waals surface area contributed by atoms with Gasteiger partial charge in [-0.05, 0) is 48.7 Å². The lowest BCUT2D eigenvalue weighted by molar-refractivity contribution is 0.0947. The summed E-state index contributed by atoms with van der Waals surface area (Å²) in [5.74, 6) is 0.479. The largest absolute Gasteiger partial charge is 0.492 e. The van der Waals surface area contributed by atoms with Crippen molar-refractivity contribution in [1.82, 2.24) is 5.32 Å². The minimum absolute atomic E-state index is 0.284. The molecule has 2 N–H and O–H groups in total. The van der Waals surface area contributed by atoms with Gasteiger partial charge < -0.3 is 10.1 Å². The van der Waals surface area contributed by atoms with E-state index in [1.54, 1.807) is 19.1 Å². The van der Waals surface area contributed by atoms with Crippen LogP contribution in [-0.2, 0) is 16.4 Å². The van der Waals surface area contributed by atoms with Gasteiger partial charge in [-0.3, -0.25) is 9.52 Å². The number of nitrogens with one attached hydrogen (secondary N) is 2. The van der Waals surface area contributed by atoms with Crippen LogP contribution in [-0.4, -0.2) is 33.7 Å². The van der Waals surface area contributed by atoms with Gasteiger partial charge in [0.05, 0.1) is 18.5 Å². The summed E-state index contributed by atoms with van der Waals surface area (Å²) in [6.07, 6.45) is 3.22. The number of rotatable bonds is 9. The fraction of sp³-hybridized carbons (Fsp3) is 0.350. The maximum Gasteiger partial charge on any atom is 0.251 e. The van der Waals surface area contributed by atoms with Crippen LogP contribution in [0, 0.1) is 6.92 Å². The number of aryl methyl sites for hydroxylation is 2.